The van der Waals surface area contributed by atoms with Crippen LogP contribution in [0, 0.1) is 0 Å². The highest BCUT2D eigenvalue weighted by Crippen LogP contribution is 2.38. The van der Waals surface area contributed by atoms with Gasteiger partial charge in [-0.25, -0.2) is 9.79 Å². The molecule has 2 rings (SSSR count). The van der Waals surface area contributed by atoms with E-state index in [0.29, 0.717) is 21.3 Å². The molecule has 0 radical (unpaired) electrons. The third-order valence-electron chi connectivity index (χ3n) is 1.71. The molecule has 0 saturated carbocycles. The first kappa shape index (κ1) is 8.53. The first-order valence-electron chi connectivity index (χ1n) is 3.41. The fourth-order valence-corrected chi connectivity index (χ4v) is 1.73. The molecule has 5 heteroatoms. The van der Waals surface area contributed by atoms with Crippen LogP contribution in [0.3, 0.4) is 0 Å². The number of carboxylic acids is 1. The van der Waals surface area contributed by atoms with Crippen molar-refractivity contribution in [2.75, 3.05) is 0 Å². The molecule has 0 fully saturated rings. The highest BCUT2D eigenvalue weighted by molar-refractivity contribution is 6.51. The van der Waals surface area contributed by atoms with Crippen LogP contribution in [0.15, 0.2) is 17.1 Å². The maximum absolute atomic E-state index is 10.6. The SMILES string of the molecule is O=C(O)C1=Nc2cc(Cl)cc(Cl)c21. The number of fused-ring (bicyclic) bond motifs is 1. The molecule has 0 atom stereocenters. The Balaban J connectivity index is 2.55. The minimum absolute atomic E-state index is 0.00309. The molecular formula is C8H3Cl2NO2. The summed E-state index contributed by atoms with van der Waals surface area (Å²) in [5.74, 6) is -1.07. The van der Waals surface area contributed by atoms with Gasteiger partial charge in [-0.05, 0) is 12.1 Å². The smallest absolute Gasteiger partial charge is 0.355 e. The number of aliphatic imine (C=N–C) groups is 1. The molecule has 0 unspecified atom stereocenters. The Morgan fingerprint density at radius 3 is 2.62 bits per heavy atom. The number of hydrogen-bond acceptors (Lipinski definition) is 2. The van der Waals surface area contributed by atoms with Crippen molar-refractivity contribution in [2.45, 2.75) is 0 Å². The summed E-state index contributed by atoms with van der Waals surface area (Å²) < 4.78 is 0. The second kappa shape index (κ2) is 2.72. The van der Waals surface area contributed by atoms with Crippen LogP contribution in [-0.2, 0) is 4.79 Å². The summed E-state index contributed by atoms with van der Waals surface area (Å²) in [6.07, 6.45) is 0. The Hall–Kier alpha value is -1.06. The molecule has 0 amide bonds. The number of rotatable bonds is 1. The Bertz CT molecular complexity index is 440. The van der Waals surface area contributed by atoms with Crippen LogP contribution >= 0.6 is 23.2 Å². The molecule has 13 heavy (non-hydrogen) atoms. The predicted molar refractivity (Wildman–Crippen MR) is 50.3 cm³/mol. The van der Waals surface area contributed by atoms with Crippen molar-refractivity contribution in [3.8, 4) is 0 Å². The maximum atomic E-state index is 10.6. The predicted octanol–water partition coefficient (Wildman–Crippen LogP) is 2.51. The van der Waals surface area contributed by atoms with Crippen LogP contribution in [-0.4, -0.2) is 16.8 Å². The number of nitrogens with zero attached hydrogens (tertiary/aromatic N) is 1. The second-order valence-corrected chi connectivity index (χ2v) is 3.39. The van der Waals surface area contributed by atoms with Gasteiger partial charge in [-0.2, -0.15) is 0 Å². The van der Waals surface area contributed by atoms with E-state index in [9.17, 15) is 4.79 Å². The fraction of sp³-hybridized carbons (Fsp3) is 0. The van der Waals surface area contributed by atoms with Crippen molar-refractivity contribution in [1.82, 2.24) is 0 Å². The Labute approximate surface area is 83.6 Å². The lowest BCUT2D eigenvalue weighted by Gasteiger charge is -2.16. The van der Waals surface area contributed by atoms with E-state index in [1.54, 1.807) is 6.07 Å². The third-order valence-corrected chi connectivity index (χ3v) is 2.22. The van der Waals surface area contributed by atoms with Gasteiger partial charge in [0.15, 0.2) is 5.71 Å². The molecule has 0 aromatic heterocycles. The quantitative estimate of drug-likeness (QED) is 0.783. The van der Waals surface area contributed by atoms with Crippen LogP contribution in [0.2, 0.25) is 10.0 Å². The van der Waals surface area contributed by atoms with Gasteiger partial charge in [0.1, 0.15) is 0 Å². The summed E-state index contributed by atoms with van der Waals surface area (Å²) in [7, 11) is 0. The normalized spacial score (nSPS) is 12.9. The van der Waals surface area contributed by atoms with Crippen LogP contribution in [0.1, 0.15) is 5.56 Å². The molecule has 0 bridgehead atoms. The number of halogens is 2. The molecule has 1 aliphatic rings. The van der Waals surface area contributed by atoms with Gasteiger partial charge in [0.2, 0.25) is 0 Å². The van der Waals surface area contributed by atoms with E-state index in [-0.39, 0.29) is 5.71 Å². The Morgan fingerprint density at radius 2 is 2.08 bits per heavy atom. The van der Waals surface area contributed by atoms with Crippen molar-refractivity contribution in [3.05, 3.63) is 27.7 Å². The minimum Gasteiger partial charge on any atom is -0.476 e. The third kappa shape index (κ3) is 1.20. The maximum Gasteiger partial charge on any atom is 0.355 e. The molecule has 0 aliphatic carbocycles. The van der Waals surface area contributed by atoms with Crippen LogP contribution < -0.4 is 0 Å². The lowest BCUT2D eigenvalue weighted by atomic mass is 10.0. The van der Waals surface area contributed by atoms with Crippen LogP contribution in [0.4, 0.5) is 5.69 Å². The Morgan fingerprint density at radius 1 is 1.38 bits per heavy atom. The number of carboxylic acid groups (broad SMARTS) is 1. The first-order valence-corrected chi connectivity index (χ1v) is 4.16. The van der Waals surface area contributed by atoms with Gasteiger partial charge >= 0.3 is 5.97 Å². The summed E-state index contributed by atoms with van der Waals surface area (Å²) in [4.78, 5) is 14.3. The van der Waals surface area contributed by atoms with E-state index in [2.05, 4.69) is 4.99 Å². The molecule has 1 aromatic rings. The molecule has 0 spiro atoms. The zero-order valence-corrected chi connectivity index (χ0v) is 7.73. The summed E-state index contributed by atoms with van der Waals surface area (Å²) in [5.41, 5.74) is 1.00. The lowest BCUT2D eigenvalue weighted by Crippen LogP contribution is -2.20. The van der Waals surface area contributed by atoms with Gasteiger partial charge in [0.05, 0.1) is 16.3 Å². The molecular weight excluding hydrogens is 213 g/mol. The summed E-state index contributed by atoms with van der Waals surface area (Å²) in [6.45, 7) is 0. The van der Waals surface area contributed by atoms with E-state index in [0.717, 1.165) is 0 Å². The fourth-order valence-electron chi connectivity index (χ4n) is 1.16. The van der Waals surface area contributed by atoms with Gasteiger partial charge in [-0.15, -0.1) is 0 Å². The van der Waals surface area contributed by atoms with E-state index in [1.807, 2.05) is 0 Å². The van der Waals surface area contributed by atoms with E-state index in [4.69, 9.17) is 28.3 Å². The van der Waals surface area contributed by atoms with Gasteiger partial charge < -0.3 is 5.11 Å². The molecule has 1 N–H and O–H groups in total. The zero-order chi connectivity index (χ0) is 9.59. The number of hydrogen-bond donors (Lipinski definition) is 1. The Kier molecular flexibility index (Phi) is 1.78. The monoisotopic (exact) mass is 215 g/mol. The molecule has 1 aromatic carbocycles. The second-order valence-electron chi connectivity index (χ2n) is 2.55. The van der Waals surface area contributed by atoms with Gasteiger partial charge in [0, 0.05) is 5.02 Å². The highest BCUT2D eigenvalue weighted by atomic mass is 35.5. The topological polar surface area (TPSA) is 49.7 Å². The van der Waals surface area contributed by atoms with Gasteiger partial charge in [0.25, 0.3) is 0 Å². The van der Waals surface area contributed by atoms with Crippen molar-refractivity contribution < 1.29 is 9.90 Å². The average Bonchev–Trinajstić information content (AvgIpc) is 1.93. The summed E-state index contributed by atoms with van der Waals surface area (Å²) >= 11 is 11.5. The van der Waals surface area contributed by atoms with Crippen molar-refractivity contribution in [3.63, 3.8) is 0 Å². The molecule has 1 aliphatic heterocycles. The summed E-state index contributed by atoms with van der Waals surface area (Å²) in [5, 5.41) is 9.44. The largest absolute Gasteiger partial charge is 0.476 e. The van der Waals surface area contributed by atoms with Gasteiger partial charge in [-0.3, -0.25) is 0 Å². The minimum atomic E-state index is -1.07. The molecule has 1 heterocycles. The molecule has 66 valence electrons. The van der Waals surface area contributed by atoms with E-state index >= 15 is 0 Å². The highest BCUT2D eigenvalue weighted by Gasteiger charge is 2.27. The van der Waals surface area contributed by atoms with Crippen LogP contribution in [0.25, 0.3) is 0 Å². The number of carbonyl (C=O) groups is 1. The van der Waals surface area contributed by atoms with Crippen molar-refractivity contribution in [1.29, 1.82) is 0 Å². The first-order chi connectivity index (χ1) is 6.09. The van der Waals surface area contributed by atoms with Crippen LogP contribution in [0.5, 0.6) is 0 Å². The van der Waals surface area contributed by atoms with E-state index in [1.165, 1.54) is 6.07 Å². The van der Waals surface area contributed by atoms with Crippen molar-refractivity contribution in [2.24, 2.45) is 4.99 Å². The number of benzene rings is 1. The molecule has 3 nitrogen and oxygen atoms in total. The lowest BCUT2D eigenvalue weighted by molar-refractivity contribution is -0.129. The van der Waals surface area contributed by atoms with E-state index < -0.39 is 5.97 Å². The zero-order valence-electron chi connectivity index (χ0n) is 6.21. The summed E-state index contributed by atoms with van der Waals surface area (Å²) in [6, 6.07) is 3.08. The number of aliphatic carboxylic acids is 1. The standard InChI is InChI=1S/C8H3Cl2NO2/c9-3-1-4(10)6-5(2-3)11-7(6)8(12)13/h1-2H,(H,12,13). The molecule has 0 saturated heterocycles. The van der Waals surface area contributed by atoms with Gasteiger partial charge in [-0.1, -0.05) is 23.2 Å². The van der Waals surface area contributed by atoms with Crippen molar-refractivity contribution >= 4 is 40.6 Å². The average molecular weight is 216 g/mol.